The van der Waals surface area contributed by atoms with Crippen LogP contribution in [-0.4, -0.2) is 22.0 Å². The highest BCUT2D eigenvalue weighted by atomic mass is 32.2. The standard InChI is InChI=1S/C19H18FN5O2S/c1-26-15-8-12(11-25-7-6-13(10-21)22-25)9-16-18(15)19(23-27-16)24-28-17-5-3-2-4-14(17)20/h2-9H,10-11,21H2,1H3,(H,23,24). The Morgan fingerprint density at radius 3 is 2.89 bits per heavy atom. The fraction of sp³-hybridized carbons (Fsp3) is 0.158. The van der Waals surface area contributed by atoms with E-state index in [4.69, 9.17) is 15.0 Å². The number of nitrogens with zero attached hydrogens (tertiary/aromatic N) is 3. The molecular formula is C19H18FN5O2S. The molecule has 4 rings (SSSR count). The van der Waals surface area contributed by atoms with Crippen LogP contribution in [0, 0.1) is 5.82 Å². The number of halogens is 1. The number of nitrogens with one attached hydrogen (secondary N) is 1. The second-order valence-electron chi connectivity index (χ2n) is 6.05. The van der Waals surface area contributed by atoms with Crippen molar-refractivity contribution < 1.29 is 13.7 Å². The largest absolute Gasteiger partial charge is 0.496 e. The summed E-state index contributed by atoms with van der Waals surface area (Å²) in [5.41, 5.74) is 7.94. The maximum atomic E-state index is 13.8. The van der Waals surface area contributed by atoms with Gasteiger partial charge in [0.1, 0.15) is 17.0 Å². The van der Waals surface area contributed by atoms with Crippen LogP contribution in [0.4, 0.5) is 10.2 Å². The topological polar surface area (TPSA) is 91.1 Å². The average Bonchev–Trinajstić information content (AvgIpc) is 3.33. The summed E-state index contributed by atoms with van der Waals surface area (Å²) < 4.78 is 29.7. The number of nitrogens with two attached hydrogens (primary N) is 1. The minimum Gasteiger partial charge on any atom is -0.496 e. The molecule has 3 N–H and O–H groups in total. The molecule has 0 saturated heterocycles. The SMILES string of the molecule is COc1cc(Cn2ccc(CN)n2)cc2onc(NSc3ccccc3F)c12. The predicted octanol–water partition coefficient (Wildman–Crippen LogP) is 3.80. The van der Waals surface area contributed by atoms with E-state index in [1.165, 1.54) is 6.07 Å². The van der Waals surface area contributed by atoms with Crippen molar-refractivity contribution in [2.45, 2.75) is 18.0 Å². The Morgan fingerprint density at radius 1 is 1.29 bits per heavy atom. The van der Waals surface area contributed by atoms with Gasteiger partial charge in [-0.1, -0.05) is 17.3 Å². The van der Waals surface area contributed by atoms with E-state index in [0.29, 0.717) is 40.5 Å². The maximum Gasteiger partial charge on any atom is 0.191 e. The van der Waals surface area contributed by atoms with Gasteiger partial charge in [0.2, 0.25) is 0 Å². The minimum atomic E-state index is -0.307. The molecule has 28 heavy (non-hydrogen) atoms. The fourth-order valence-electron chi connectivity index (χ4n) is 2.83. The lowest BCUT2D eigenvalue weighted by atomic mass is 10.1. The molecule has 0 amide bonds. The van der Waals surface area contributed by atoms with Gasteiger partial charge < -0.3 is 19.7 Å². The summed E-state index contributed by atoms with van der Waals surface area (Å²) in [7, 11) is 1.58. The number of benzene rings is 2. The Morgan fingerprint density at radius 2 is 2.14 bits per heavy atom. The Hall–Kier alpha value is -3.04. The van der Waals surface area contributed by atoms with Crippen LogP contribution >= 0.6 is 11.9 Å². The molecule has 2 aromatic carbocycles. The number of fused-ring (bicyclic) bond motifs is 1. The van der Waals surface area contributed by atoms with Gasteiger partial charge in [-0.2, -0.15) is 5.10 Å². The van der Waals surface area contributed by atoms with Gasteiger partial charge in [0.15, 0.2) is 11.4 Å². The van der Waals surface area contributed by atoms with Crippen LogP contribution in [0.2, 0.25) is 0 Å². The van der Waals surface area contributed by atoms with Crippen LogP contribution in [0.15, 0.2) is 58.1 Å². The summed E-state index contributed by atoms with van der Waals surface area (Å²) in [5.74, 6) is 0.769. The number of ether oxygens (including phenoxy) is 1. The normalized spacial score (nSPS) is 11.1. The molecule has 0 radical (unpaired) electrons. The number of hydrogen-bond acceptors (Lipinski definition) is 7. The molecule has 2 aromatic heterocycles. The lowest BCUT2D eigenvalue weighted by Gasteiger charge is -2.08. The first-order valence-electron chi connectivity index (χ1n) is 8.54. The highest BCUT2D eigenvalue weighted by molar-refractivity contribution is 8.00. The molecule has 0 bridgehead atoms. The van der Waals surface area contributed by atoms with Crippen LogP contribution in [0.25, 0.3) is 11.0 Å². The molecular weight excluding hydrogens is 381 g/mol. The van der Waals surface area contributed by atoms with Crippen LogP contribution in [-0.2, 0) is 13.1 Å². The molecule has 4 aromatic rings. The van der Waals surface area contributed by atoms with Crippen LogP contribution in [0.3, 0.4) is 0 Å². The van der Waals surface area contributed by atoms with E-state index >= 15 is 0 Å². The molecule has 144 valence electrons. The van der Waals surface area contributed by atoms with Crippen molar-refractivity contribution in [3.8, 4) is 5.75 Å². The van der Waals surface area contributed by atoms with Crippen molar-refractivity contribution in [2.24, 2.45) is 5.73 Å². The van der Waals surface area contributed by atoms with Gasteiger partial charge >= 0.3 is 0 Å². The summed E-state index contributed by atoms with van der Waals surface area (Å²) >= 11 is 1.12. The summed E-state index contributed by atoms with van der Waals surface area (Å²) in [6, 6.07) is 12.2. The molecule has 0 atom stereocenters. The molecule has 0 saturated carbocycles. The zero-order valence-electron chi connectivity index (χ0n) is 15.1. The van der Waals surface area contributed by atoms with Gasteiger partial charge in [0.05, 0.1) is 24.2 Å². The smallest absolute Gasteiger partial charge is 0.191 e. The van der Waals surface area contributed by atoms with Crippen molar-refractivity contribution in [1.29, 1.82) is 0 Å². The number of anilines is 1. The molecule has 0 aliphatic heterocycles. The molecule has 2 heterocycles. The molecule has 0 unspecified atom stereocenters. The second kappa shape index (κ2) is 7.91. The van der Waals surface area contributed by atoms with E-state index in [1.54, 1.807) is 30.0 Å². The van der Waals surface area contributed by atoms with Crippen LogP contribution < -0.4 is 15.2 Å². The lowest BCUT2D eigenvalue weighted by Crippen LogP contribution is -2.03. The van der Waals surface area contributed by atoms with Gasteiger partial charge in [-0.25, -0.2) is 4.39 Å². The third-order valence-electron chi connectivity index (χ3n) is 4.16. The van der Waals surface area contributed by atoms with Crippen molar-refractivity contribution in [3.63, 3.8) is 0 Å². The van der Waals surface area contributed by atoms with Crippen molar-refractivity contribution in [2.75, 3.05) is 11.8 Å². The highest BCUT2D eigenvalue weighted by Gasteiger charge is 2.16. The van der Waals surface area contributed by atoms with Gasteiger partial charge in [-0.15, -0.1) is 0 Å². The van der Waals surface area contributed by atoms with E-state index in [2.05, 4.69) is 15.0 Å². The monoisotopic (exact) mass is 399 g/mol. The van der Waals surface area contributed by atoms with Gasteiger partial charge in [0.25, 0.3) is 0 Å². The van der Waals surface area contributed by atoms with Crippen LogP contribution in [0.1, 0.15) is 11.3 Å². The van der Waals surface area contributed by atoms with E-state index < -0.39 is 0 Å². The first-order chi connectivity index (χ1) is 13.7. The Kier molecular flexibility index (Phi) is 5.18. The Labute approximate surface area is 164 Å². The van der Waals surface area contributed by atoms with E-state index in [9.17, 15) is 4.39 Å². The molecule has 9 heteroatoms. The number of aromatic nitrogens is 3. The maximum absolute atomic E-state index is 13.8. The molecule has 0 spiro atoms. The van der Waals surface area contributed by atoms with E-state index in [0.717, 1.165) is 23.2 Å². The van der Waals surface area contributed by atoms with Gasteiger partial charge in [0, 0.05) is 12.7 Å². The summed E-state index contributed by atoms with van der Waals surface area (Å²) in [6.45, 7) is 0.936. The number of rotatable bonds is 7. The number of methoxy groups -OCH3 is 1. The molecule has 0 aliphatic rings. The Balaban J connectivity index is 1.60. The fourth-order valence-corrected chi connectivity index (χ4v) is 3.49. The summed E-state index contributed by atoms with van der Waals surface area (Å²) in [5, 5.41) is 9.15. The van der Waals surface area contributed by atoms with Crippen LogP contribution in [0.5, 0.6) is 5.75 Å². The van der Waals surface area contributed by atoms with E-state index in [-0.39, 0.29) is 5.82 Å². The summed E-state index contributed by atoms with van der Waals surface area (Å²) in [4.78, 5) is 0.462. The average molecular weight is 399 g/mol. The lowest BCUT2D eigenvalue weighted by molar-refractivity contribution is 0.418. The molecule has 7 nitrogen and oxygen atoms in total. The predicted molar refractivity (Wildman–Crippen MR) is 106 cm³/mol. The second-order valence-corrected chi connectivity index (χ2v) is 6.89. The first kappa shape index (κ1) is 18.3. The van der Waals surface area contributed by atoms with E-state index in [1.807, 2.05) is 24.4 Å². The summed E-state index contributed by atoms with van der Waals surface area (Å²) in [6.07, 6.45) is 1.87. The molecule has 0 fully saturated rings. The first-order valence-corrected chi connectivity index (χ1v) is 9.35. The zero-order valence-corrected chi connectivity index (χ0v) is 15.9. The third kappa shape index (κ3) is 3.67. The Bertz CT molecular complexity index is 1110. The highest BCUT2D eigenvalue weighted by Crippen LogP contribution is 2.36. The molecule has 0 aliphatic carbocycles. The van der Waals surface area contributed by atoms with Crippen molar-refractivity contribution in [3.05, 3.63) is 65.7 Å². The van der Waals surface area contributed by atoms with Crippen molar-refractivity contribution >= 4 is 28.7 Å². The van der Waals surface area contributed by atoms with Gasteiger partial charge in [-0.05, 0) is 47.8 Å². The van der Waals surface area contributed by atoms with Gasteiger partial charge in [-0.3, -0.25) is 4.68 Å². The quantitative estimate of drug-likeness (QED) is 0.457. The third-order valence-corrected chi connectivity index (χ3v) is 5.01. The van der Waals surface area contributed by atoms with Crippen molar-refractivity contribution in [1.82, 2.24) is 14.9 Å². The minimum absolute atomic E-state index is 0.307. The number of hydrogen-bond donors (Lipinski definition) is 2. The zero-order chi connectivity index (χ0) is 19.5.